The molecule has 0 N–H and O–H groups in total. The van der Waals surface area contributed by atoms with Gasteiger partial charge in [0, 0.05) is 5.92 Å². The predicted molar refractivity (Wildman–Crippen MR) is 24.0 cm³/mol. The Hall–Kier alpha value is -0.520. The Balaban J connectivity index is 2.57. The van der Waals surface area contributed by atoms with Crippen LogP contribution < -0.4 is 0 Å². The molecular weight excluding hydrogens is 72.1 g/mol. The Bertz CT molecular complexity index is 126. The van der Waals surface area contributed by atoms with Crippen LogP contribution in [0.15, 0.2) is 17.7 Å². The predicted octanol–water partition coefficient (Wildman–Crippen LogP) is 1.31. The Morgan fingerprint density at radius 1 is 1.83 bits per heavy atom. The normalized spacial score (nSPS) is 36.0. The third-order valence-electron chi connectivity index (χ3n) is 1.34. The maximum atomic E-state index is 3.22. The van der Waals surface area contributed by atoms with E-state index in [1.165, 1.54) is 12.0 Å². The summed E-state index contributed by atoms with van der Waals surface area (Å²) in [6.45, 7) is 0. The molecule has 2 bridgehead atoms. The Kier molecular flexibility index (Phi) is 0.264. The summed E-state index contributed by atoms with van der Waals surface area (Å²) in [5.74, 6) is 0.722. The fourth-order valence-corrected chi connectivity index (χ4v) is 0.919. The number of rotatable bonds is 0. The van der Waals surface area contributed by atoms with Gasteiger partial charge in [0.15, 0.2) is 0 Å². The first kappa shape index (κ1) is 2.62. The molecule has 0 fully saturated rings. The minimum atomic E-state index is 0.722. The lowest BCUT2D eigenvalue weighted by molar-refractivity contribution is 0.738. The number of allylic oxidation sites excluding steroid dienone is 4. The first-order chi connectivity index (χ1) is 2.95. The molecular formula is C6H5. The number of hydrogen-bond donors (Lipinski definition) is 0. The van der Waals surface area contributed by atoms with Crippen LogP contribution in [-0.2, 0) is 0 Å². The molecule has 0 saturated heterocycles. The van der Waals surface area contributed by atoms with Crippen molar-refractivity contribution in [3.8, 4) is 0 Å². The Morgan fingerprint density at radius 3 is 2.83 bits per heavy atom. The van der Waals surface area contributed by atoms with Crippen LogP contribution in [0.2, 0.25) is 0 Å². The van der Waals surface area contributed by atoms with E-state index in [1.807, 2.05) is 0 Å². The summed E-state index contributed by atoms with van der Waals surface area (Å²) < 4.78 is 0. The molecule has 3 aliphatic rings. The van der Waals surface area contributed by atoms with Crippen molar-refractivity contribution < 1.29 is 0 Å². The van der Waals surface area contributed by atoms with Crippen LogP contribution in [0.4, 0.5) is 0 Å². The SMILES string of the molecule is [C]1=C2C=CC1C2. The van der Waals surface area contributed by atoms with E-state index < -0.39 is 0 Å². The molecule has 0 aromatic heterocycles. The van der Waals surface area contributed by atoms with Gasteiger partial charge in [0.2, 0.25) is 0 Å². The summed E-state index contributed by atoms with van der Waals surface area (Å²) in [6.07, 6.45) is 8.86. The van der Waals surface area contributed by atoms with Crippen molar-refractivity contribution >= 4 is 0 Å². The molecule has 0 aliphatic heterocycles. The van der Waals surface area contributed by atoms with Crippen molar-refractivity contribution in [2.75, 3.05) is 0 Å². The molecule has 3 aliphatic carbocycles. The topological polar surface area (TPSA) is 0 Å². The van der Waals surface area contributed by atoms with E-state index in [2.05, 4.69) is 18.2 Å². The third-order valence-corrected chi connectivity index (χ3v) is 1.34. The maximum Gasteiger partial charge on any atom is 0.00674 e. The second-order valence-electron chi connectivity index (χ2n) is 1.84. The van der Waals surface area contributed by atoms with Gasteiger partial charge in [0.25, 0.3) is 0 Å². The van der Waals surface area contributed by atoms with E-state index in [9.17, 15) is 0 Å². The molecule has 0 aromatic carbocycles. The van der Waals surface area contributed by atoms with Gasteiger partial charge in [-0.25, -0.2) is 0 Å². The van der Waals surface area contributed by atoms with Crippen molar-refractivity contribution in [2.45, 2.75) is 6.42 Å². The third kappa shape index (κ3) is 0.137. The van der Waals surface area contributed by atoms with Gasteiger partial charge in [0.1, 0.15) is 0 Å². The van der Waals surface area contributed by atoms with Crippen molar-refractivity contribution in [1.82, 2.24) is 0 Å². The van der Waals surface area contributed by atoms with Gasteiger partial charge in [-0.05, 0) is 18.1 Å². The standard InChI is InChI=1S/C6H5/c1-2-6-3-5(1)4-6/h1-2,5H,3H2. The summed E-state index contributed by atoms with van der Waals surface area (Å²) in [7, 11) is 0. The van der Waals surface area contributed by atoms with Crippen LogP contribution in [0.1, 0.15) is 6.42 Å². The minimum absolute atomic E-state index is 0.722. The highest BCUT2D eigenvalue weighted by Gasteiger charge is 2.20. The lowest BCUT2D eigenvalue weighted by Gasteiger charge is -2.08. The largest absolute Gasteiger partial charge is 0.0764 e. The van der Waals surface area contributed by atoms with Gasteiger partial charge in [-0.3, -0.25) is 0 Å². The van der Waals surface area contributed by atoms with Crippen molar-refractivity contribution in [3.05, 3.63) is 23.8 Å². The van der Waals surface area contributed by atoms with E-state index >= 15 is 0 Å². The molecule has 0 saturated carbocycles. The molecule has 0 heterocycles. The Morgan fingerprint density at radius 2 is 2.67 bits per heavy atom. The summed E-state index contributed by atoms with van der Waals surface area (Å²) >= 11 is 0. The quantitative estimate of drug-likeness (QED) is 0.409. The second-order valence-corrected chi connectivity index (χ2v) is 1.84. The maximum absolute atomic E-state index is 3.22. The van der Waals surface area contributed by atoms with Crippen molar-refractivity contribution in [3.63, 3.8) is 0 Å². The minimum Gasteiger partial charge on any atom is -0.0764 e. The van der Waals surface area contributed by atoms with Gasteiger partial charge < -0.3 is 0 Å². The van der Waals surface area contributed by atoms with Gasteiger partial charge in [0.05, 0.1) is 0 Å². The average Bonchev–Trinajstić information content (AvgIpc) is 1.72. The van der Waals surface area contributed by atoms with E-state index in [-0.39, 0.29) is 0 Å². The lowest BCUT2D eigenvalue weighted by Crippen LogP contribution is -1.96. The summed E-state index contributed by atoms with van der Waals surface area (Å²) in [6, 6.07) is 0. The van der Waals surface area contributed by atoms with Crippen molar-refractivity contribution in [1.29, 1.82) is 0 Å². The summed E-state index contributed by atoms with van der Waals surface area (Å²) in [5.41, 5.74) is 1.42. The van der Waals surface area contributed by atoms with Crippen LogP contribution in [0.3, 0.4) is 0 Å². The monoisotopic (exact) mass is 77.0 g/mol. The molecule has 6 heavy (non-hydrogen) atoms. The molecule has 3 rings (SSSR count). The summed E-state index contributed by atoms with van der Waals surface area (Å²) in [5, 5.41) is 0. The van der Waals surface area contributed by atoms with Gasteiger partial charge in [-0.15, -0.1) is 0 Å². The zero-order valence-electron chi connectivity index (χ0n) is 3.44. The van der Waals surface area contributed by atoms with Gasteiger partial charge in [-0.1, -0.05) is 12.2 Å². The Labute approximate surface area is 37.2 Å². The van der Waals surface area contributed by atoms with E-state index in [0.717, 1.165) is 5.92 Å². The van der Waals surface area contributed by atoms with E-state index in [1.54, 1.807) is 0 Å². The summed E-state index contributed by atoms with van der Waals surface area (Å²) in [4.78, 5) is 0. The molecule has 0 aromatic rings. The first-order valence-electron chi connectivity index (χ1n) is 2.26. The zero-order valence-corrected chi connectivity index (χ0v) is 3.44. The molecule has 1 unspecified atom stereocenters. The molecule has 1 atom stereocenters. The molecule has 1 radical (unpaired) electrons. The smallest absolute Gasteiger partial charge is 0.00674 e. The molecule has 0 heteroatoms. The van der Waals surface area contributed by atoms with Crippen LogP contribution in [0, 0.1) is 12.0 Å². The van der Waals surface area contributed by atoms with E-state index in [4.69, 9.17) is 0 Å². The van der Waals surface area contributed by atoms with Crippen LogP contribution in [0.25, 0.3) is 0 Å². The first-order valence-corrected chi connectivity index (χ1v) is 2.26. The molecule has 29 valence electrons. The van der Waals surface area contributed by atoms with E-state index in [0.29, 0.717) is 0 Å². The van der Waals surface area contributed by atoms with Crippen molar-refractivity contribution in [2.24, 2.45) is 5.92 Å². The fourth-order valence-electron chi connectivity index (χ4n) is 0.919. The molecule has 0 spiro atoms. The average molecular weight is 77.1 g/mol. The van der Waals surface area contributed by atoms with Gasteiger partial charge >= 0.3 is 0 Å². The highest BCUT2D eigenvalue weighted by Crippen LogP contribution is 2.33. The highest BCUT2D eigenvalue weighted by atomic mass is 14.2. The fraction of sp³-hybridized carbons (Fsp3) is 0.333. The zero-order chi connectivity index (χ0) is 3.98. The number of hydrogen-bond acceptors (Lipinski definition) is 0. The van der Waals surface area contributed by atoms with Crippen LogP contribution in [-0.4, -0.2) is 0 Å². The highest BCUT2D eigenvalue weighted by molar-refractivity contribution is 5.35. The van der Waals surface area contributed by atoms with Crippen LogP contribution in [0.5, 0.6) is 0 Å². The van der Waals surface area contributed by atoms with Crippen LogP contribution >= 0.6 is 0 Å². The molecule has 0 amide bonds. The lowest BCUT2D eigenvalue weighted by atomic mass is 9.96. The van der Waals surface area contributed by atoms with Gasteiger partial charge in [-0.2, -0.15) is 0 Å². The molecule has 0 nitrogen and oxygen atoms in total. The second kappa shape index (κ2) is 0.604.